The largest absolute Gasteiger partial charge is 0.466 e. The number of ether oxygens (including phenoxy) is 1. The first-order valence-corrected chi connectivity index (χ1v) is 10.7. The zero-order valence-electron chi connectivity index (χ0n) is 18.0. The van der Waals surface area contributed by atoms with Gasteiger partial charge >= 0.3 is 5.97 Å². The van der Waals surface area contributed by atoms with E-state index < -0.39 is 5.41 Å². The van der Waals surface area contributed by atoms with E-state index in [1.54, 1.807) is 33.2 Å². The van der Waals surface area contributed by atoms with Crippen LogP contribution in [-0.2, 0) is 20.7 Å². The second-order valence-corrected chi connectivity index (χ2v) is 8.57. The van der Waals surface area contributed by atoms with Crippen LogP contribution in [0, 0.1) is 5.41 Å². The van der Waals surface area contributed by atoms with Crippen molar-refractivity contribution in [1.82, 2.24) is 4.98 Å². The monoisotopic (exact) mass is 435 g/mol. The molecule has 1 heterocycles. The summed E-state index contributed by atoms with van der Waals surface area (Å²) in [5.41, 5.74) is 3.90. The van der Waals surface area contributed by atoms with Gasteiger partial charge in [-0.1, -0.05) is 48.0 Å². The van der Waals surface area contributed by atoms with Gasteiger partial charge in [-0.25, -0.2) is 0 Å². The van der Waals surface area contributed by atoms with Crippen LogP contribution < -0.4 is 0 Å². The number of carbonyl (C=O) groups is 2. The van der Waals surface area contributed by atoms with Crippen LogP contribution in [0.15, 0.2) is 67.0 Å². The molecule has 0 amide bonds. The van der Waals surface area contributed by atoms with Crippen LogP contribution in [-0.4, -0.2) is 23.3 Å². The van der Waals surface area contributed by atoms with Crippen LogP contribution in [0.5, 0.6) is 0 Å². The minimum absolute atomic E-state index is 0.0311. The van der Waals surface area contributed by atoms with E-state index in [4.69, 9.17) is 16.3 Å². The number of aromatic nitrogens is 1. The van der Waals surface area contributed by atoms with E-state index in [1.807, 2.05) is 54.6 Å². The number of benzene rings is 2. The molecule has 0 saturated carbocycles. The van der Waals surface area contributed by atoms with Crippen molar-refractivity contribution in [3.63, 3.8) is 0 Å². The number of carbonyl (C=O) groups excluding carboxylic acids is 2. The first-order valence-electron chi connectivity index (χ1n) is 10.3. The summed E-state index contributed by atoms with van der Waals surface area (Å²) < 4.78 is 5.09. The van der Waals surface area contributed by atoms with Gasteiger partial charge in [-0.15, -0.1) is 0 Å². The molecule has 2 aromatic carbocycles. The highest BCUT2D eigenvalue weighted by Crippen LogP contribution is 2.34. The van der Waals surface area contributed by atoms with Crippen molar-refractivity contribution in [2.45, 2.75) is 33.6 Å². The molecule has 31 heavy (non-hydrogen) atoms. The molecule has 0 radical (unpaired) electrons. The number of halogens is 1. The summed E-state index contributed by atoms with van der Waals surface area (Å²) in [6.07, 6.45) is 3.80. The van der Waals surface area contributed by atoms with E-state index in [-0.39, 0.29) is 24.6 Å². The van der Waals surface area contributed by atoms with Crippen molar-refractivity contribution < 1.29 is 14.3 Å². The molecule has 3 aromatic rings. The zero-order valence-corrected chi connectivity index (χ0v) is 18.8. The Hall–Kier alpha value is -2.98. The highest BCUT2D eigenvalue weighted by molar-refractivity contribution is 6.31. The van der Waals surface area contributed by atoms with Crippen LogP contribution in [0.4, 0.5) is 0 Å². The van der Waals surface area contributed by atoms with E-state index in [0.717, 1.165) is 27.8 Å². The lowest BCUT2D eigenvalue weighted by atomic mass is 9.86. The Morgan fingerprint density at radius 1 is 0.968 bits per heavy atom. The predicted octanol–water partition coefficient (Wildman–Crippen LogP) is 6.16. The predicted molar refractivity (Wildman–Crippen MR) is 124 cm³/mol. The topological polar surface area (TPSA) is 56.3 Å². The number of hydrogen-bond donors (Lipinski definition) is 0. The fraction of sp³-hybridized carbons (Fsp3) is 0.269. The molecule has 0 fully saturated rings. The van der Waals surface area contributed by atoms with Gasteiger partial charge in [0.1, 0.15) is 5.78 Å². The Morgan fingerprint density at radius 2 is 1.71 bits per heavy atom. The molecule has 3 rings (SSSR count). The van der Waals surface area contributed by atoms with Crippen molar-refractivity contribution in [3.05, 3.63) is 77.6 Å². The Labute approximate surface area is 188 Å². The van der Waals surface area contributed by atoms with Crippen LogP contribution in [0.1, 0.15) is 32.8 Å². The molecular formula is C26H26ClNO3. The quantitative estimate of drug-likeness (QED) is 0.397. The van der Waals surface area contributed by atoms with Crippen molar-refractivity contribution in [2.24, 2.45) is 5.41 Å². The number of nitrogens with zero attached hydrogens (tertiary/aromatic N) is 1. The van der Waals surface area contributed by atoms with E-state index in [2.05, 4.69) is 4.98 Å². The Kier molecular flexibility index (Phi) is 7.24. The maximum Gasteiger partial charge on any atom is 0.311 e. The average Bonchev–Trinajstić information content (AvgIpc) is 2.74. The van der Waals surface area contributed by atoms with E-state index in [9.17, 15) is 9.59 Å². The molecule has 0 atom stereocenters. The van der Waals surface area contributed by atoms with Crippen molar-refractivity contribution in [1.29, 1.82) is 0 Å². The second-order valence-electron chi connectivity index (χ2n) is 8.13. The molecule has 1 aromatic heterocycles. The van der Waals surface area contributed by atoms with Gasteiger partial charge < -0.3 is 4.74 Å². The van der Waals surface area contributed by atoms with Gasteiger partial charge in [-0.3, -0.25) is 14.6 Å². The molecule has 0 aliphatic heterocycles. The van der Waals surface area contributed by atoms with Gasteiger partial charge in [0.25, 0.3) is 0 Å². The Morgan fingerprint density at radius 3 is 2.42 bits per heavy atom. The fourth-order valence-electron chi connectivity index (χ4n) is 3.54. The molecule has 0 spiro atoms. The SMILES string of the molecule is CCOC(=O)C(C)(C)CC(=O)Cc1cncc(-c2ccc(Cl)cc2-c2ccccc2)c1. The highest BCUT2D eigenvalue weighted by atomic mass is 35.5. The second kappa shape index (κ2) is 9.88. The van der Waals surface area contributed by atoms with Crippen LogP contribution >= 0.6 is 11.6 Å². The van der Waals surface area contributed by atoms with Gasteiger partial charge in [0.05, 0.1) is 12.0 Å². The Balaban J connectivity index is 1.85. The van der Waals surface area contributed by atoms with Gasteiger partial charge in [0.15, 0.2) is 0 Å². The van der Waals surface area contributed by atoms with E-state index in [0.29, 0.717) is 11.6 Å². The van der Waals surface area contributed by atoms with E-state index in [1.165, 1.54) is 0 Å². The minimum atomic E-state index is -0.852. The third-order valence-corrected chi connectivity index (χ3v) is 5.28. The van der Waals surface area contributed by atoms with Gasteiger partial charge in [-0.2, -0.15) is 0 Å². The summed E-state index contributed by atoms with van der Waals surface area (Å²) in [5.74, 6) is -0.389. The molecule has 0 bridgehead atoms. The normalized spacial score (nSPS) is 11.2. The smallest absolute Gasteiger partial charge is 0.311 e. The molecule has 5 heteroatoms. The van der Waals surface area contributed by atoms with Gasteiger partial charge in [0, 0.05) is 35.8 Å². The number of hydrogen-bond acceptors (Lipinski definition) is 4. The van der Waals surface area contributed by atoms with Crippen LogP contribution in [0.25, 0.3) is 22.3 Å². The summed E-state index contributed by atoms with van der Waals surface area (Å²) in [6, 6.07) is 17.7. The number of esters is 1. The first-order chi connectivity index (χ1) is 14.8. The first kappa shape index (κ1) is 22.7. The highest BCUT2D eigenvalue weighted by Gasteiger charge is 2.31. The standard InChI is InChI=1S/C26H26ClNO3/c1-4-31-25(30)26(2,3)15-22(29)13-18-12-20(17-28-16-18)23-11-10-21(27)14-24(23)19-8-6-5-7-9-19/h5-12,14,16-17H,4,13,15H2,1-3H3. The molecule has 0 aliphatic carbocycles. The maximum atomic E-state index is 12.7. The fourth-order valence-corrected chi connectivity index (χ4v) is 3.71. The van der Waals surface area contributed by atoms with Crippen molar-refractivity contribution in [3.8, 4) is 22.3 Å². The van der Waals surface area contributed by atoms with Crippen molar-refractivity contribution >= 4 is 23.4 Å². The molecule has 4 nitrogen and oxygen atoms in total. The lowest BCUT2D eigenvalue weighted by Gasteiger charge is -2.21. The summed E-state index contributed by atoms with van der Waals surface area (Å²) in [7, 11) is 0. The molecule has 0 unspecified atom stereocenters. The van der Waals surface area contributed by atoms with Gasteiger partial charge in [0.2, 0.25) is 0 Å². The zero-order chi connectivity index (χ0) is 22.4. The number of pyridine rings is 1. The van der Waals surface area contributed by atoms with Crippen LogP contribution in [0.2, 0.25) is 5.02 Å². The Bertz CT molecular complexity index is 1080. The minimum Gasteiger partial charge on any atom is -0.466 e. The van der Waals surface area contributed by atoms with Crippen molar-refractivity contribution in [2.75, 3.05) is 6.61 Å². The molecule has 0 N–H and O–H groups in total. The molecule has 0 saturated heterocycles. The van der Waals surface area contributed by atoms with Crippen LogP contribution in [0.3, 0.4) is 0 Å². The van der Waals surface area contributed by atoms with Gasteiger partial charge in [-0.05, 0) is 61.2 Å². The molecular weight excluding hydrogens is 410 g/mol. The molecule has 0 aliphatic rings. The lowest BCUT2D eigenvalue weighted by molar-refractivity contribution is -0.155. The number of ketones is 1. The van der Waals surface area contributed by atoms with E-state index >= 15 is 0 Å². The third kappa shape index (κ3) is 5.80. The number of Topliss-reactive ketones (excluding diaryl/α,β-unsaturated/α-hetero) is 1. The maximum absolute atomic E-state index is 12.7. The third-order valence-electron chi connectivity index (χ3n) is 5.04. The number of rotatable bonds is 8. The summed E-state index contributed by atoms with van der Waals surface area (Å²) >= 11 is 6.27. The lowest BCUT2D eigenvalue weighted by Crippen LogP contribution is -2.30. The summed E-state index contributed by atoms with van der Waals surface area (Å²) in [6.45, 7) is 5.52. The average molecular weight is 436 g/mol. The summed E-state index contributed by atoms with van der Waals surface area (Å²) in [4.78, 5) is 29.1. The molecule has 160 valence electrons. The summed E-state index contributed by atoms with van der Waals surface area (Å²) in [5, 5.41) is 0.656.